The first-order valence-electron chi connectivity index (χ1n) is 12.5. The highest BCUT2D eigenvalue weighted by atomic mass is 32.2. The lowest BCUT2D eigenvalue weighted by Gasteiger charge is -2.36. The van der Waals surface area contributed by atoms with Gasteiger partial charge >= 0.3 is 6.18 Å². The minimum atomic E-state index is -4.93. The molecule has 1 N–H and O–H groups in total. The molecule has 2 aliphatic rings. The fourth-order valence-electron chi connectivity index (χ4n) is 4.65. The number of ether oxygens (including phenoxy) is 1. The van der Waals surface area contributed by atoms with Gasteiger partial charge in [-0.2, -0.15) is 13.2 Å². The third-order valence-corrected chi connectivity index (χ3v) is 8.63. The molecule has 2 aromatic carbocycles. The van der Waals surface area contributed by atoms with Gasteiger partial charge in [-0.15, -0.1) is 0 Å². The Morgan fingerprint density at radius 3 is 2.25 bits per heavy atom. The Hall–Kier alpha value is -2.67. The average molecular weight is 598 g/mol. The maximum atomic E-state index is 15.5. The van der Waals surface area contributed by atoms with Gasteiger partial charge in [0.05, 0.1) is 32.4 Å². The van der Waals surface area contributed by atoms with E-state index in [-0.39, 0.29) is 35.8 Å². The van der Waals surface area contributed by atoms with Crippen LogP contribution < -0.4 is 9.64 Å². The smallest absolute Gasteiger partial charge is 0.420 e. The van der Waals surface area contributed by atoms with E-state index < -0.39 is 63.3 Å². The third-order valence-electron chi connectivity index (χ3n) is 7.07. The highest BCUT2D eigenvalue weighted by molar-refractivity contribution is 7.85. The number of hydrogen-bond donors (Lipinski definition) is 1. The Morgan fingerprint density at radius 1 is 1.12 bits per heavy atom. The van der Waals surface area contributed by atoms with E-state index in [4.69, 9.17) is 9.84 Å². The molecular formula is C27H30F7NO4S. The van der Waals surface area contributed by atoms with Crippen LogP contribution in [0.2, 0.25) is 0 Å². The van der Waals surface area contributed by atoms with Crippen molar-refractivity contribution in [3.63, 3.8) is 0 Å². The molecular weight excluding hydrogens is 567 g/mol. The summed E-state index contributed by atoms with van der Waals surface area (Å²) in [5.41, 5.74) is -4.40. The summed E-state index contributed by atoms with van der Waals surface area (Å²) in [4.78, 5) is 12.4. The van der Waals surface area contributed by atoms with Crippen molar-refractivity contribution >= 4 is 28.5 Å². The minimum absolute atomic E-state index is 0.170. The molecule has 1 aliphatic heterocycles. The van der Waals surface area contributed by atoms with Crippen molar-refractivity contribution in [3.05, 3.63) is 47.8 Å². The van der Waals surface area contributed by atoms with Crippen LogP contribution >= 0.6 is 0 Å². The molecule has 5 nitrogen and oxygen atoms in total. The lowest BCUT2D eigenvalue weighted by Crippen LogP contribution is -2.37. The number of rotatable bonds is 8. The molecule has 0 radical (unpaired) electrons. The molecule has 0 bridgehead atoms. The van der Waals surface area contributed by atoms with Crippen LogP contribution in [-0.4, -0.2) is 47.3 Å². The van der Waals surface area contributed by atoms with Gasteiger partial charge in [-0.05, 0) is 62.6 Å². The summed E-state index contributed by atoms with van der Waals surface area (Å²) in [6.07, 6.45) is -3.78. The van der Waals surface area contributed by atoms with Gasteiger partial charge in [0.25, 0.3) is 0 Å². The highest BCUT2D eigenvalue weighted by Gasteiger charge is 2.43. The number of nitrogens with zero attached hydrogens (tertiary/aromatic N) is 1. The maximum absolute atomic E-state index is 15.5. The fraction of sp³-hybridized carbons (Fsp3) is 0.519. The zero-order chi connectivity index (χ0) is 29.9. The number of halogens is 7. The average Bonchev–Trinajstić information content (AvgIpc) is 2.97. The second-order valence-electron chi connectivity index (χ2n) is 10.0. The van der Waals surface area contributed by atoms with Crippen LogP contribution in [0.25, 0.3) is 0 Å². The Morgan fingerprint density at radius 2 is 1.75 bits per heavy atom. The molecule has 0 saturated heterocycles. The van der Waals surface area contributed by atoms with E-state index in [0.29, 0.717) is 32.1 Å². The standard InChI is InChI=1S/C26H26F7NO3S.CH4O/c1-24(29,30)10-7-16-13-34(18-5-3-17(27)4-6-18)20-11-19(26(31,32)33)21(12-22(20)38(36)23(16)28)37-15-25(14-35)8-2-9-25;1-2/h3-6,11-12,14,16,23H,2,7-10,13,15H2,1H3;2H,1H3. The minimum Gasteiger partial charge on any atom is -0.492 e. The van der Waals surface area contributed by atoms with Gasteiger partial charge < -0.3 is 19.5 Å². The number of aldehydes is 1. The number of carbonyl (C=O) groups is 1. The van der Waals surface area contributed by atoms with Crippen molar-refractivity contribution in [2.24, 2.45) is 11.3 Å². The number of carbonyl (C=O) groups excluding carboxylic acids is 1. The summed E-state index contributed by atoms with van der Waals surface area (Å²) in [5.74, 6) is -5.70. The maximum Gasteiger partial charge on any atom is 0.420 e. The van der Waals surface area contributed by atoms with Crippen LogP contribution in [0.4, 0.5) is 42.1 Å². The molecule has 40 heavy (non-hydrogen) atoms. The van der Waals surface area contributed by atoms with Crippen molar-refractivity contribution in [1.82, 2.24) is 0 Å². The lowest BCUT2D eigenvalue weighted by molar-refractivity contribution is -0.139. The van der Waals surface area contributed by atoms with E-state index in [1.165, 1.54) is 17.0 Å². The summed E-state index contributed by atoms with van der Waals surface area (Å²) in [5, 5.41) is 7.00. The molecule has 1 fully saturated rings. The zero-order valence-corrected chi connectivity index (χ0v) is 22.6. The van der Waals surface area contributed by atoms with Crippen LogP contribution in [-0.2, 0) is 21.8 Å². The monoisotopic (exact) mass is 597 g/mol. The number of benzene rings is 2. The van der Waals surface area contributed by atoms with Gasteiger partial charge in [0.1, 0.15) is 24.5 Å². The zero-order valence-electron chi connectivity index (χ0n) is 21.8. The first-order valence-corrected chi connectivity index (χ1v) is 13.7. The first-order chi connectivity index (χ1) is 18.7. The van der Waals surface area contributed by atoms with Crippen molar-refractivity contribution in [1.29, 1.82) is 0 Å². The molecule has 4 rings (SSSR count). The van der Waals surface area contributed by atoms with E-state index in [1.54, 1.807) is 0 Å². The summed E-state index contributed by atoms with van der Waals surface area (Å²) in [6.45, 7) is -0.0405. The molecule has 1 saturated carbocycles. The second-order valence-corrected chi connectivity index (χ2v) is 11.5. The molecule has 3 unspecified atom stereocenters. The van der Waals surface area contributed by atoms with E-state index in [1.807, 2.05) is 0 Å². The molecule has 3 atom stereocenters. The van der Waals surface area contributed by atoms with Crippen LogP contribution in [0.15, 0.2) is 41.3 Å². The Bertz CT molecular complexity index is 1200. The number of anilines is 2. The summed E-state index contributed by atoms with van der Waals surface area (Å²) in [7, 11) is -1.54. The molecule has 1 heterocycles. The number of hydrogen-bond acceptors (Lipinski definition) is 5. The topological polar surface area (TPSA) is 66.8 Å². The van der Waals surface area contributed by atoms with Gasteiger partial charge in [0, 0.05) is 31.7 Å². The molecule has 222 valence electrons. The van der Waals surface area contributed by atoms with Gasteiger partial charge in [0.2, 0.25) is 5.92 Å². The molecule has 0 amide bonds. The molecule has 0 aromatic heterocycles. The molecule has 0 spiro atoms. The third kappa shape index (κ3) is 7.15. The fourth-order valence-corrected chi connectivity index (χ4v) is 6.06. The SMILES string of the molecule is CC(F)(F)CCC1CN(c2ccc(F)cc2)c2cc(C(F)(F)F)c(OCC3(C=O)CCC3)cc2S(=O)C1F.CO. The van der Waals surface area contributed by atoms with Gasteiger partial charge in [-0.1, -0.05) is 6.42 Å². The highest BCUT2D eigenvalue weighted by Crippen LogP contribution is 2.47. The number of alkyl halides is 6. The van der Waals surface area contributed by atoms with Crippen molar-refractivity contribution < 1.29 is 49.6 Å². The van der Waals surface area contributed by atoms with Gasteiger partial charge in [0.15, 0.2) is 5.50 Å². The molecule has 13 heteroatoms. The predicted octanol–water partition coefficient (Wildman–Crippen LogP) is 6.81. The largest absolute Gasteiger partial charge is 0.492 e. The van der Waals surface area contributed by atoms with E-state index in [2.05, 4.69) is 0 Å². The molecule has 2 aromatic rings. The second kappa shape index (κ2) is 12.5. The summed E-state index contributed by atoms with van der Waals surface area (Å²) < 4.78 is 118. The summed E-state index contributed by atoms with van der Waals surface area (Å²) >= 11 is 0. The van der Waals surface area contributed by atoms with E-state index in [9.17, 15) is 35.3 Å². The van der Waals surface area contributed by atoms with Crippen molar-refractivity contribution in [2.75, 3.05) is 25.2 Å². The first kappa shape index (κ1) is 31.9. The van der Waals surface area contributed by atoms with Crippen LogP contribution in [0.1, 0.15) is 44.6 Å². The van der Waals surface area contributed by atoms with E-state index in [0.717, 1.165) is 31.7 Å². The molecule has 1 aliphatic carbocycles. The van der Waals surface area contributed by atoms with Crippen molar-refractivity contribution in [2.45, 2.75) is 61.5 Å². The Balaban J connectivity index is 0.00000216. The Labute approximate surface area is 229 Å². The quantitative estimate of drug-likeness (QED) is 0.268. The van der Waals surface area contributed by atoms with Crippen molar-refractivity contribution in [3.8, 4) is 5.75 Å². The van der Waals surface area contributed by atoms with Gasteiger partial charge in [-0.3, -0.25) is 4.21 Å². The Kier molecular flexibility index (Phi) is 9.92. The van der Waals surface area contributed by atoms with Crippen LogP contribution in [0, 0.1) is 17.2 Å². The normalized spacial score (nSPS) is 22.2. The van der Waals surface area contributed by atoms with Crippen LogP contribution in [0.3, 0.4) is 0 Å². The van der Waals surface area contributed by atoms with E-state index >= 15 is 4.39 Å². The van der Waals surface area contributed by atoms with Gasteiger partial charge in [-0.25, -0.2) is 17.6 Å². The number of aliphatic hydroxyl groups excluding tert-OH is 1. The number of aliphatic hydroxyl groups is 1. The van der Waals surface area contributed by atoms with Crippen LogP contribution in [0.5, 0.6) is 5.75 Å². The summed E-state index contributed by atoms with van der Waals surface area (Å²) in [6, 6.07) is 6.16. The lowest BCUT2D eigenvalue weighted by atomic mass is 9.71. The predicted molar refractivity (Wildman–Crippen MR) is 135 cm³/mol. The number of fused-ring (bicyclic) bond motifs is 1.